The Balaban J connectivity index is 1.78. The molecule has 3 aliphatic rings. The zero-order valence-corrected chi connectivity index (χ0v) is 11.3. The molecule has 5 atom stereocenters. The van der Waals surface area contributed by atoms with E-state index in [-0.39, 0.29) is 5.92 Å². The third kappa shape index (κ3) is 1.87. The highest BCUT2D eigenvalue weighted by Crippen LogP contribution is 2.46. The third-order valence-corrected chi connectivity index (χ3v) is 5.68. The summed E-state index contributed by atoms with van der Waals surface area (Å²) in [6, 6.07) is 1.61. The molecule has 2 heterocycles. The van der Waals surface area contributed by atoms with Crippen molar-refractivity contribution in [3.05, 3.63) is 0 Å². The van der Waals surface area contributed by atoms with E-state index >= 15 is 0 Å². The molecule has 3 nitrogen and oxygen atoms in total. The number of hydrogen-bond acceptors (Lipinski definition) is 2. The van der Waals surface area contributed by atoms with Gasteiger partial charge in [-0.2, -0.15) is 0 Å². The van der Waals surface area contributed by atoms with E-state index in [0.29, 0.717) is 18.1 Å². The van der Waals surface area contributed by atoms with E-state index in [1.807, 2.05) is 0 Å². The Morgan fingerprint density at radius 2 is 1.94 bits per heavy atom. The second kappa shape index (κ2) is 4.84. The lowest BCUT2D eigenvalue weighted by atomic mass is 9.81. The molecular formula is C15H25NO2. The van der Waals surface area contributed by atoms with Gasteiger partial charge in [0, 0.05) is 18.1 Å². The fourth-order valence-corrected chi connectivity index (χ4v) is 4.87. The minimum atomic E-state index is -0.559. The van der Waals surface area contributed by atoms with Crippen molar-refractivity contribution in [2.45, 2.75) is 76.4 Å². The number of carboxylic acid groups (broad SMARTS) is 1. The molecule has 0 aromatic rings. The highest BCUT2D eigenvalue weighted by Gasteiger charge is 2.52. The van der Waals surface area contributed by atoms with Crippen molar-refractivity contribution in [1.82, 2.24) is 4.90 Å². The van der Waals surface area contributed by atoms with Crippen molar-refractivity contribution in [2.75, 3.05) is 0 Å². The smallest absolute Gasteiger partial charge is 0.308 e. The Labute approximate surface area is 110 Å². The van der Waals surface area contributed by atoms with Crippen LogP contribution in [0.15, 0.2) is 0 Å². The molecule has 3 fully saturated rings. The lowest BCUT2D eigenvalue weighted by molar-refractivity contribution is -0.142. The molecule has 3 rings (SSSR count). The predicted molar refractivity (Wildman–Crippen MR) is 70.4 cm³/mol. The molecule has 1 saturated carbocycles. The lowest BCUT2D eigenvalue weighted by Gasteiger charge is -2.40. The van der Waals surface area contributed by atoms with Crippen molar-refractivity contribution < 1.29 is 9.90 Å². The van der Waals surface area contributed by atoms with Crippen LogP contribution >= 0.6 is 0 Å². The Kier molecular flexibility index (Phi) is 3.35. The Bertz CT molecular complexity index is 330. The zero-order chi connectivity index (χ0) is 12.7. The molecular weight excluding hydrogens is 226 g/mol. The van der Waals surface area contributed by atoms with Crippen LogP contribution in [0.1, 0.15) is 58.3 Å². The quantitative estimate of drug-likeness (QED) is 0.838. The second-order valence-corrected chi connectivity index (χ2v) is 6.45. The first kappa shape index (κ1) is 12.5. The first-order valence-corrected chi connectivity index (χ1v) is 7.72. The van der Waals surface area contributed by atoms with Gasteiger partial charge >= 0.3 is 5.97 Å². The molecule has 2 saturated heterocycles. The van der Waals surface area contributed by atoms with Crippen LogP contribution in [-0.2, 0) is 4.79 Å². The molecule has 0 aromatic carbocycles. The Hall–Kier alpha value is -0.570. The molecule has 102 valence electrons. The number of carbonyl (C=O) groups is 1. The molecule has 1 aliphatic carbocycles. The molecule has 0 aromatic heterocycles. The van der Waals surface area contributed by atoms with Gasteiger partial charge in [0.05, 0.1) is 5.92 Å². The maximum atomic E-state index is 11.3. The number of rotatable bonds is 3. The molecule has 1 N–H and O–H groups in total. The molecule has 5 unspecified atom stereocenters. The summed E-state index contributed by atoms with van der Waals surface area (Å²) >= 11 is 0. The summed E-state index contributed by atoms with van der Waals surface area (Å²) in [5.74, 6) is 0.175. The molecule has 2 bridgehead atoms. The van der Waals surface area contributed by atoms with Crippen LogP contribution in [0.25, 0.3) is 0 Å². The summed E-state index contributed by atoms with van der Waals surface area (Å²) in [6.45, 7) is 2.30. The van der Waals surface area contributed by atoms with Crippen LogP contribution in [0.3, 0.4) is 0 Å². The SMILES string of the molecule is CCC1CCCCC1N1C2CCC1C(C(=O)O)C2. The van der Waals surface area contributed by atoms with Gasteiger partial charge in [0.1, 0.15) is 0 Å². The van der Waals surface area contributed by atoms with E-state index in [9.17, 15) is 9.90 Å². The average Bonchev–Trinajstić information content (AvgIpc) is 2.96. The number of fused-ring (bicyclic) bond motifs is 2. The van der Waals surface area contributed by atoms with Gasteiger partial charge in [0.25, 0.3) is 0 Å². The van der Waals surface area contributed by atoms with Crippen LogP contribution in [0.5, 0.6) is 0 Å². The van der Waals surface area contributed by atoms with Crippen LogP contribution in [0.2, 0.25) is 0 Å². The fourth-order valence-electron chi connectivity index (χ4n) is 4.87. The normalized spacial score (nSPS) is 44.4. The van der Waals surface area contributed by atoms with Crippen LogP contribution in [0.4, 0.5) is 0 Å². The van der Waals surface area contributed by atoms with E-state index in [1.165, 1.54) is 38.5 Å². The standard InChI is InChI=1S/C15H25NO2/c1-2-10-5-3-4-6-13(10)16-11-7-8-14(16)12(9-11)15(17)18/h10-14H,2-9H2,1H3,(H,17,18). The number of nitrogens with zero attached hydrogens (tertiary/aromatic N) is 1. The monoisotopic (exact) mass is 251 g/mol. The summed E-state index contributed by atoms with van der Waals surface area (Å²) in [6.07, 6.45) is 9.91. The fraction of sp³-hybridized carbons (Fsp3) is 0.933. The molecule has 0 radical (unpaired) electrons. The van der Waals surface area contributed by atoms with Crippen LogP contribution in [-0.4, -0.2) is 34.1 Å². The van der Waals surface area contributed by atoms with E-state index in [0.717, 1.165) is 18.8 Å². The molecule has 2 aliphatic heterocycles. The van der Waals surface area contributed by atoms with Crippen molar-refractivity contribution in [3.8, 4) is 0 Å². The largest absolute Gasteiger partial charge is 0.481 e. The third-order valence-electron chi connectivity index (χ3n) is 5.68. The minimum absolute atomic E-state index is 0.0804. The van der Waals surface area contributed by atoms with Crippen molar-refractivity contribution in [2.24, 2.45) is 11.8 Å². The predicted octanol–water partition coefficient (Wildman–Crippen LogP) is 2.89. The first-order chi connectivity index (χ1) is 8.72. The van der Waals surface area contributed by atoms with Gasteiger partial charge in [-0.05, 0) is 38.0 Å². The Morgan fingerprint density at radius 3 is 2.61 bits per heavy atom. The summed E-state index contributed by atoms with van der Waals surface area (Å²) in [5, 5.41) is 9.35. The molecule has 0 amide bonds. The number of carboxylic acids is 1. The second-order valence-electron chi connectivity index (χ2n) is 6.45. The highest BCUT2D eigenvalue weighted by atomic mass is 16.4. The Morgan fingerprint density at radius 1 is 1.17 bits per heavy atom. The molecule has 18 heavy (non-hydrogen) atoms. The van der Waals surface area contributed by atoms with E-state index in [4.69, 9.17) is 0 Å². The topological polar surface area (TPSA) is 40.5 Å². The number of aliphatic carboxylic acids is 1. The first-order valence-electron chi connectivity index (χ1n) is 7.72. The molecule has 3 heteroatoms. The van der Waals surface area contributed by atoms with Gasteiger partial charge in [-0.1, -0.05) is 26.2 Å². The van der Waals surface area contributed by atoms with E-state index < -0.39 is 5.97 Å². The van der Waals surface area contributed by atoms with Gasteiger partial charge < -0.3 is 5.11 Å². The molecule has 0 spiro atoms. The summed E-state index contributed by atoms with van der Waals surface area (Å²) in [4.78, 5) is 14.0. The average molecular weight is 251 g/mol. The van der Waals surface area contributed by atoms with Gasteiger partial charge in [-0.3, -0.25) is 9.69 Å². The van der Waals surface area contributed by atoms with E-state index in [1.54, 1.807) is 0 Å². The van der Waals surface area contributed by atoms with Gasteiger partial charge in [0.15, 0.2) is 0 Å². The summed E-state index contributed by atoms with van der Waals surface area (Å²) in [7, 11) is 0. The van der Waals surface area contributed by atoms with Gasteiger partial charge in [0.2, 0.25) is 0 Å². The van der Waals surface area contributed by atoms with Gasteiger partial charge in [-0.15, -0.1) is 0 Å². The zero-order valence-electron chi connectivity index (χ0n) is 11.3. The number of hydrogen-bond donors (Lipinski definition) is 1. The van der Waals surface area contributed by atoms with Crippen LogP contribution in [0, 0.1) is 11.8 Å². The summed E-state index contributed by atoms with van der Waals surface area (Å²) < 4.78 is 0. The lowest BCUT2D eigenvalue weighted by Crippen LogP contribution is -2.46. The summed E-state index contributed by atoms with van der Waals surface area (Å²) in [5.41, 5.74) is 0. The van der Waals surface area contributed by atoms with Crippen LogP contribution < -0.4 is 0 Å². The van der Waals surface area contributed by atoms with Crippen molar-refractivity contribution in [3.63, 3.8) is 0 Å². The van der Waals surface area contributed by atoms with Crippen molar-refractivity contribution >= 4 is 5.97 Å². The maximum absolute atomic E-state index is 11.3. The minimum Gasteiger partial charge on any atom is -0.481 e. The highest BCUT2D eigenvalue weighted by molar-refractivity contribution is 5.71. The van der Waals surface area contributed by atoms with E-state index in [2.05, 4.69) is 11.8 Å². The maximum Gasteiger partial charge on any atom is 0.308 e. The van der Waals surface area contributed by atoms with Crippen molar-refractivity contribution in [1.29, 1.82) is 0 Å². The van der Waals surface area contributed by atoms with Gasteiger partial charge in [-0.25, -0.2) is 0 Å².